The zero-order valence-corrected chi connectivity index (χ0v) is 14.3. The summed E-state index contributed by atoms with van der Waals surface area (Å²) in [6.07, 6.45) is -0.00609. The van der Waals surface area contributed by atoms with Gasteiger partial charge in [-0.05, 0) is 30.9 Å². The third kappa shape index (κ3) is 4.53. The number of hydrogen-bond donors (Lipinski definition) is 1. The van der Waals surface area contributed by atoms with Crippen molar-refractivity contribution >= 4 is 17.7 Å². The maximum Gasteiger partial charge on any atom is 0.405 e. The van der Waals surface area contributed by atoms with Crippen molar-refractivity contribution < 1.29 is 23.8 Å². The Hall–Kier alpha value is -2.44. The molecule has 7 nitrogen and oxygen atoms in total. The fourth-order valence-electron chi connectivity index (χ4n) is 2.45. The molecule has 0 fully saturated rings. The molecule has 0 bridgehead atoms. The van der Waals surface area contributed by atoms with Gasteiger partial charge in [-0.25, -0.2) is 4.79 Å². The molecule has 24 heavy (non-hydrogen) atoms. The average molecular weight is 336 g/mol. The fraction of sp³-hybridized carbons (Fsp3) is 0.529. The van der Waals surface area contributed by atoms with E-state index in [1.165, 1.54) is 4.90 Å². The summed E-state index contributed by atoms with van der Waals surface area (Å²) in [5.41, 5.74) is 5.56. The summed E-state index contributed by atoms with van der Waals surface area (Å²) in [5, 5.41) is 0. The third-order valence-corrected chi connectivity index (χ3v) is 3.74. The van der Waals surface area contributed by atoms with E-state index in [4.69, 9.17) is 19.9 Å². The number of hydrogen-bond acceptors (Lipinski definition) is 5. The molecular formula is C17H24N2O5. The molecule has 1 aliphatic heterocycles. The van der Waals surface area contributed by atoms with E-state index >= 15 is 0 Å². The molecule has 2 rings (SSSR count). The van der Waals surface area contributed by atoms with Crippen LogP contribution in [0.3, 0.4) is 0 Å². The third-order valence-electron chi connectivity index (χ3n) is 3.74. The molecule has 1 atom stereocenters. The SMILES string of the molecule is CC(C)CCCOc1ccc2c(c1)N(C)C(=O)[C@@H](OC(N)=O)CO2. The number of ether oxygens (including phenoxy) is 3. The largest absolute Gasteiger partial charge is 0.494 e. The topological polar surface area (TPSA) is 91.1 Å². The van der Waals surface area contributed by atoms with Gasteiger partial charge < -0.3 is 24.8 Å². The highest BCUT2D eigenvalue weighted by atomic mass is 16.6. The van der Waals surface area contributed by atoms with Crippen LogP contribution in [0.5, 0.6) is 11.5 Å². The lowest BCUT2D eigenvalue weighted by atomic mass is 10.1. The molecule has 0 aliphatic carbocycles. The minimum atomic E-state index is -1.06. The van der Waals surface area contributed by atoms with Gasteiger partial charge >= 0.3 is 6.09 Å². The maximum atomic E-state index is 12.4. The summed E-state index contributed by atoms with van der Waals surface area (Å²) >= 11 is 0. The van der Waals surface area contributed by atoms with Crippen molar-refractivity contribution in [3.05, 3.63) is 18.2 Å². The lowest BCUT2D eigenvalue weighted by molar-refractivity contribution is -0.127. The molecule has 2 amide bonds. The van der Waals surface area contributed by atoms with E-state index in [0.29, 0.717) is 29.7 Å². The molecule has 2 N–H and O–H groups in total. The predicted octanol–water partition coefficient (Wildman–Crippen LogP) is 2.32. The standard InChI is InChI=1S/C17H24N2O5/c1-11(2)5-4-8-22-12-6-7-14-13(9-12)19(3)16(20)15(10-23-14)24-17(18)21/h6-7,9,11,15H,4-5,8,10H2,1-3H3,(H2,18,21)/t15-/m0/s1. The number of primary amides is 1. The Kier molecular flexibility index (Phi) is 5.89. The second-order valence-electron chi connectivity index (χ2n) is 6.15. The van der Waals surface area contributed by atoms with Crippen LogP contribution in [-0.4, -0.2) is 38.4 Å². The zero-order chi connectivity index (χ0) is 17.7. The van der Waals surface area contributed by atoms with Crippen molar-refractivity contribution in [2.24, 2.45) is 11.7 Å². The van der Waals surface area contributed by atoms with Crippen molar-refractivity contribution in [2.75, 3.05) is 25.2 Å². The van der Waals surface area contributed by atoms with Crippen LogP contribution in [0.15, 0.2) is 18.2 Å². The summed E-state index contributed by atoms with van der Waals surface area (Å²) in [7, 11) is 1.59. The van der Waals surface area contributed by atoms with Gasteiger partial charge in [0.25, 0.3) is 5.91 Å². The predicted molar refractivity (Wildman–Crippen MR) is 89.4 cm³/mol. The molecule has 0 saturated carbocycles. The number of carbonyl (C=O) groups is 2. The van der Waals surface area contributed by atoms with Gasteiger partial charge in [0.2, 0.25) is 6.10 Å². The van der Waals surface area contributed by atoms with Gasteiger partial charge in [-0.2, -0.15) is 0 Å². The minimum absolute atomic E-state index is 0.0757. The quantitative estimate of drug-likeness (QED) is 0.805. The smallest absolute Gasteiger partial charge is 0.405 e. The first kappa shape index (κ1) is 17.9. The number of carbonyl (C=O) groups excluding carboxylic acids is 2. The van der Waals surface area contributed by atoms with Gasteiger partial charge in [0.05, 0.1) is 12.3 Å². The van der Waals surface area contributed by atoms with Crippen molar-refractivity contribution in [3.63, 3.8) is 0 Å². The Balaban J connectivity index is 2.08. The number of nitrogens with two attached hydrogens (primary N) is 1. The van der Waals surface area contributed by atoms with Crippen molar-refractivity contribution in [1.29, 1.82) is 0 Å². The first-order valence-corrected chi connectivity index (χ1v) is 8.01. The second-order valence-corrected chi connectivity index (χ2v) is 6.15. The molecule has 0 radical (unpaired) electrons. The Morgan fingerprint density at radius 3 is 2.88 bits per heavy atom. The Morgan fingerprint density at radius 1 is 1.46 bits per heavy atom. The van der Waals surface area contributed by atoms with Crippen LogP contribution < -0.4 is 20.1 Å². The van der Waals surface area contributed by atoms with Gasteiger partial charge in [-0.1, -0.05) is 13.8 Å². The summed E-state index contributed by atoms with van der Waals surface area (Å²) in [5.74, 6) is 1.43. The molecule has 0 unspecified atom stereocenters. The fourth-order valence-corrected chi connectivity index (χ4v) is 2.45. The van der Waals surface area contributed by atoms with Crippen molar-refractivity contribution in [1.82, 2.24) is 0 Å². The number of benzene rings is 1. The van der Waals surface area contributed by atoms with E-state index in [0.717, 1.165) is 12.8 Å². The lowest BCUT2D eigenvalue weighted by Gasteiger charge is -2.19. The summed E-state index contributed by atoms with van der Waals surface area (Å²) < 4.78 is 16.1. The molecule has 1 aliphatic rings. The molecule has 0 spiro atoms. The number of fused-ring (bicyclic) bond motifs is 1. The summed E-state index contributed by atoms with van der Waals surface area (Å²) in [6.45, 7) is 4.88. The second kappa shape index (κ2) is 7.90. The maximum absolute atomic E-state index is 12.4. The first-order valence-electron chi connectivity index (χ1n) is 8.01. The average Bonchev–Trinajstić information content (AvgIpc) is 2.63. The van der Waals surface area contributed by atoms with Crippen molar-refractivity contribution in [3.8, 4) is 11.5 Å². The normalized spacial score (nSPS) is 17.1. The highest BCUT2D eigenvalue weighted by Gasteiger charge is 2.32. The summed E-state index contributed by atoms with van der Waals surface area (Å²) in [6, 6.07) is 5.28. The van der Waals surface area contributed by atoms with E-state index in [-0.39, 0.29) is 6.61 Å². The monoisotopic (exact) mass is 336 g/mol. The van der Waals surface area contributed by atoms with Crippen molar-refractivity contribution in [2.45, 2.75) is 32.8 Å². The lowest BCUT2D eigenvalue weighted by Crippen LogP contribution is -2.41. The van der Waals surface area contributed by atoms with Crippen LogP contribution in [0.2, 0.25) is 0 Å². The molecule has 7 heteroatoms. The van der Waals surface area contributed by atoms with Gasteiger partial charge in [0.15, 0.2) is 0 Å². The molecule has 1 heterocycles. The highest BCUT2D eigenvalue weighted by molar-refractivity contribution is 5.99. The first-order chi connectivity index (χ1) is 11.4. The Morgan fingerprint density at radius 2 is 2.21 bits per heavy atom. The van der Waals surface area contributed by atoms with E-state index in [2.05, 4.69) is 13.8 Å². The number of likely N-dealkylation sites (N-methyl/N-ethyl adjacent to an activating group) is 1. The van der Waals surface area contributed by atoms with E-state index in [9.17, 15) is 9.59 Å². The van der Waals surface area contributed by atoms with Gasteiger partial charge in [-0.3, -0.25) is 4.79 Å². The molecular weight excluding hydrogens is 312 g/mol. The number of anilines is 1. The number of rotatable bonds is 6. The van der Waals surface area contributed by atoms with Crippen LogP contribution in [0.25, 0.3) is 0 Å². The van der Waals surface area contributed by atoms with E-state index in [1.807, 2.05) is 0 Å². The van der Waals surface area contributed by atoms with Gasteiger partial charge in [0, 0.05) is 13.1 Å². The molecule has 1 aromatic rings. The van der Waals surface area contributed by atoms with E-state index < -0.39 is 18.1 Å². The Labute approximate surface area is 141 Å². The van der Waals surface area contributed by atoms with Crippen LogP contribution in [0.1, 0.15) is 26.7 Å². The number of nitrogens with zero attached hydrogens (tertiary/aromatic N) is 1. The van der Waals surface area contributed by atoms with Gasteiger partial charge in [0.1, 0.15) is 18.1 Å². The molecule has 0 saturated heterocycles. The minimum Gasteiger partial charge on any atom is -0.494 e. The van der Waals surface area contributed by atoms with Crippen LogP contribution in [-0.2, 0) is 9.53 Å². The van der Waals surface area contributed by atoms with Crippen LogP contribution in [0.4, 0.5) is 10.5 Å². The highest BCUT2D eigenvalue weighted by Crippen LogP contribution is 2.34. The van der Waals surface area contributed by atoms with Crippen LogP contribution >= 0.6 is 0 Å². The van der Waals surface area contributed by atoms with Crippen LogP contribution in [0, 0.1) is 5.92 Å². The molecule has 1 aromatic carbocycles. The molecule has 132 valence electrons. The number of amides is 2. The molecule has 0 aromatic heterocycles. The Bertz CT molecular complexity index is 603. The van der Waals surface area contributed by atoms with Gasteiger partial charge in [-0.15, -0.1) is 0 Å². The van der Waals surface area contributed by atoms with E-state index in [1.54, 1.807) is 25.2 Å². The zero-order valence-electron chi connectivity index (χ0n) is 14.3. The summed E-state index contributed by atoms with van der Waals surface area (Å²) in [4.78, 5) is 24.7.